The fourth-order valence-corrected chi connectivity index (χ4v) is 6.70. The van der Waals surface area contributed by atoms with E-state index in [1.165, 1.54) is 25.1 Å². The molecule has 6 atom stereocenters. The minimum absolute atomic E-state index is 0.0184. The van der Waals surface area contributed by atoms with Crippen molar-refractivity contribution in [3.8, 4) is 5.75 Å². The van der Waals surface area contributed by atoms with Crippen LogP contribution in [0.15, 0.2) is 35.1 Å². The predicted octanol–water partition coefficient (Wildman–Crippen LogP) is 1.51. The number of hydrogen-bond acceptors (Lipinski definition) is 9. The van der Waals surface area contributed by atoms with Crippen molar-refractivity contribution < 1.29 is 39.6 Å². The summed E-state index contributed by atoms with van der Waals surface area (Å²) in [4.78, 5) is 54.2. The van der Waals surface area contributed by atoms with Gasteiger partial charge in [-0.2, -0.15) is 0 Å². The third-order valence-corrected chi connectivity index (χ3v) is 8.17. The van der Waals surface area contributed by atoms with Gasteiger partial charge in [0.25, 0.3) is 5.91 Å². The summed E-state index contributed by atoms with van der Waals surface area (Å²) in [7, 11) is 3.06. The van der Waals surface area contributed by atoms with Crippen molar-refractivity contribution in [3.05, 3.63) is 46.2 Å². The number of nitrogens with zero attached hydrogens (tertiary/aromatic N) is 1. The average Bonchev–Trinajstić information content (AvgIpc) is 2.80. The van der Waals surface area contributed by atoms with Crippen LogP contribution in [0.25, 0.3) is 5.76 Å². The molecule has 4 rings (SSSR count). The molecule has 0 unspecified atom stereocenters. The number of amides is 1. The van der Waals surface area contributed by atoms with Crippen LogP contribution in [0.4, 0.5) is 0 Å². The third-order valence-electron chi connectivity index (χ3n) is 8.17. The number of phenolic OH excluding ortho intramolecular Hbond substituents is 1. The Morgan fingerprint density at radius 1 is 1.14 bits per heavy atom. The first-order valence-corrected chi connectivity index (χ1v) is 12.3. The van der Waals surface area contributed by atoms with E-state index in [1.54, 1.807) is 19.1 Å². The van der Waals surface area contributed by atoms with Gasteiger partial charge in [-0.3, -0.25) is 24.1 Å². The van der Waals surface area contributed by atoms with Crippen LogP contribution in [0.5, 0.6) is 5.75 Å². The van der Waals surface area contributed by atoms with Crippen LogP contribution in [0.1, 0.15) is 50.2 Å². The molecule has 10 heteroatoms. The van der Waals surface area contributed by atoms with E-state index in [4.69, 9.17) is 5.73 Å². The Morgan fingerprint density at radius 2 is 1.78 bits per heavy atom. The molecule has 3 aliphatic rings. The van der Waals surface area contributed by atoms with Gasteiger partial charge in [-0.15, -0.1) is 0 Å². The van der Waals surface area contributed by atoms with E-state index in [9.17, 15) is 39.6 Å². The monoisotopic (exact) mass is 512 g/mol. The van der Waals surface area contributed by atoms with Gasteiger partial charge < -0.3 is 26.2 Å². The first-order valence-electron chi connectivity index (χ1n) is 12.3. The lowest BCUT2D eigenvalue weighted by molar-refractivity contribution is -0.162. The topological polar surface area (TPSA) is 178 Å². The number of carbonyl (C=O) groups excluding carboxylic acids is 4. The smallest absolute Gasteiger partial charge is 0.255 e. The van der Waals surface area contributed by atoms with Gasteiger partial charge in [0, 0.05) is 30.3 Å². The average molecular weight is 513 g/mol. The van der Waals surface area contributed by atoms with Crippen LogP contribution in [0.3, 0.4) is 0 Å². The van der Waals surface area contributed by atoms with Crippen molar-refractivity contribution in [3.63, 3.8) is 0 Å². The Labute approximate surface area is 214 Å². The number of fused-ring (bicyclic) bond motifs is 3. The molecule has 10 nitrogen and oxygen atoms in total. The number of ketones is 3. The van der Waals surface area contributed by atoms with Gasteiger partial charge in [0.2, 0.25) is 5.78 Å². The van der Waals surface area contributed by atoms with Crippen LogP contribution in [-0.2, 0) is 19.2 Å². The zero-order chi connectivity index (χ0) is 27.6. The summed E-state index contributed by atoms with van der Waals surface area (Å²) in [5.41, 5.74) is 1.97. The second-order valence-electron chi connectivity index (χ2n) is 10.5. The molecule has 1 saturated carbocycles. The molecule has 0 heterocycles. The minimum atomic E-state index is -2.81. The molecule has 1 amide bonds. The molecule has 0 aliphatic heterocycles. The summed E-state index contributed by atoms with van der Waals surface area (Å²) >= 11 is 0. The third kappa shape index (κ3) is 3.61. The molecule has 6 N–H and O–H groups in total. The molecule has 0 saturated heterocycles. The minimum Gasteiger partial charge on any atom is -0.508 e. The number of primary amides is 1. The highest BCUT2D eigenvalue weighted by molar-refractivity contribution is 6.24. The van der Waals surface area contributed by atoms with Crippen LogP contribution >= 0.6 is 0 Å². The van der Waals surface area contributed by atoms with E-state index >= 15 is 0 Å². The van der Waals surface area contributed by atoms with Crippen LogP contribution < -0.4 is 5.73 Å². The molecule has 1 aromatic rings. The Balaban J connectivity index is 2.09. The first-order chi connectivity index (χ1) is 17.3. The van der Waals surface area contributed by atoms with Crippen LogP contribution in [0, 0.1) is 17.8 Å². The molecule has 0 bridgehead atoms. The Bertz CT molecular complexity index is 1280. The van der Waals surface area contributed by atoms with E-state index in [-0.39, 0.29) is 35.5 Å². The van der Waals surface area contributed by atoms with Gasteiger partial charge in [-0.05, 0) is 44.0 Å². The summed E-state index contributed by atoms with van der Waals surface area (Å²) in [6.45, 7) is 3.61. The second kappa shape index (κ2) is 9.11. The van der Waals surface area contributed by atoms with Gasteiger partial charge in [0.15, 0.2) is 11.4 Å². The van der Waals surface area contributed by atoms with Crippen molar-refractivity contribution in [2.75, 3.05) is 14.1 Å². The number of nitrogens with two attached hydrogens (primary N) is 1. The number of likely N-dealkylation sites (N-methyl/N-ethyl adjacent to an activating group) is 1. The van der Waals surface area contributed by atoms with Crippen molar-refractivity contribution >= 4 is 29.0 Å². The highest BCUT2D eigenvalue weighted by atomic mass is 16.3. The highest BCUT2D eigenvalue weighted by Crippen LogP contribution is 2.59. The Morgan fingerprint density at radius 3 is 2.35 bits per heavy atom. The Kier molecular flexibility index (Phi) is 6.54. The summed E-state index contributed by atoms with van der Waals surface area (Å²) in [6, 6.07) is 3.37. The maximum atomic E-state index is 14.1. The van der Waals surface area contributed by atoms with Crippen molar-refractivity contribution in [1.29, 1.82) is 0 Å². The molecule has 37 heavy (non-hydrogen) atoms. The molecular weight excluding hydrogens is 480 g/mol. The lowest BCUT2D eigenvalue weighted by Crippen LogP contribution is -2.69. The number of aromatic hydroxyl groups is 1. The standard InChI is InChI=1S/C27H32N2O8/c1-5-7-12(30)10-14-16-11(2)13-8-6-9-15(31)17(13)22(32)18(16)24(34)27(37)20(14)21(29(3)4)23(33)19(25(27)35)26(28)36/h6,8-9,11,14,16,20-21,31-32,35,37H,5,7,10H2,1-4H3,(H2,28,36)/t11-,14-,16+,20+,21+,27-/m0/s1. The summed E-state index contributed by atoms with van der Waals surface area (Å²) in [6.07, 6.45) is 0.621. The zero-order valence-electron chi connectivity index (χ0n) is 21.2. The molecular formula is C27H32N2O8. The molecule has 0 spiro atoms. The molecule has 198 valence electrons. The highest BCUT2D eigenvalue weighted by Gasteiger charge is 2.68. The quantitative estimate of drug-likeness (QED) is 0.353. The SMILES string of the molecule is CCCC(=O)C[C@H]1[C@@H]2C(=C(O)c3c(O)cccc3[C@@H]2C)C(=O)[C@]2(O)C(O)=C(C(N)=O)C(=O)[C@H](N(C)C)[C@@H]12. The Hall–Kier alpha value is -3.50. The zero-order valence-corrected chi connectivity index (χ0v) is 21.2. The number of aliphatic hydroxyl groups excluding tert-OH is 2. The number of rotatable bonds is 6. The normalized spacial score (nSPS) is 31.2. The lowest BCUT2D eigenvalue weighted by Gasteiger charge is -2.55. The first kappa shape index (κ1) is 26.6. The van der Waals surface area contributed by atoms with E-state index in [2.05, 4.69) is 0 Å². The van der Waals surface area contributed by atoms with Crippen LogP contribution in [-0.4, -0.2) is 74.3 Å². The molecule has 1 aromatic carbocycles. The number of benzene rings is 1. The maximum absolute atomic E-state index is 14.1. The largest absolute Gasteiger partial charge is 0.508 e. The second-order valence-corrected chi connectivity index (χ2v) is 10.5. The fourth-order valence-electron chi connectivity index (χ4n) is 6.70. The molecule has 1 fully saturated rings. The van der Waals surface area contributed by atoms with Gasteiger partial charge in [-0.25, -0.2) is 0 Å². The number of carbonyl (C=O) groups is 4. The molecule has 0 radical (unpaired) electrons. The van der Waals surface area contributed by atoms with Crippen molar-refractivity contribution in [1.82, 2.24) is 4.90 Å². The summed E-state index contributed by atoms with van der Waals surface area (Å²) in [5.74, 6) is -9.04. The van der Waals surface area contributed by atoms with E-state index in [0.717, 1.165) is 0 Å². The van der Waals surface area contributed by atoms with E-state index < -0.39 is 69.9 Å². The van der Waals surface area contributed by atoms with Gasteiger partial charge in [-0.1, -0.05) is 26.0 Å². The number of aliphatic hydroxyl groups is 3. The number of Topliss-reactive ketones (excluding diaryl/α,β-unsaturated/α-hetero) is 3. The van der Waals surface area contributed by atoms with E-state index in [0.29, 0.717) is 12.0 Å². The lowest BCUT2D eigenvalue weighted by atomic mass is 9.50. The van der Waals surface area contributed by atoms with Gasteiger partial charge >= 0.3 is 0 Å². The summed E-state index contributed by atoms with van der Waals surface area (Å²) < 4.78 is 0. The molecule has 0 aromatic heterocycles. The van der Waals surface area contributed by atoms with Gasteiger partial charge in [0.05, 0.1) is 11.6 Å². The van der Waals surface area contributed by atoms with Crippen molar-refractivity contribution in [2.45, 2.75) is 50.7 Å². The summed E-state index contributed by atoms with van der Waals surface area (Å²) in [5, 5.41) is 44.9. The predicted molar refractivity (Wildman–Crippen MR) is 132 cm³/mol. The number of hydrogen-bond donors (Lipinski definition) is 5. The maximum Gasteiger partial charge on any atom is 0.255 e. The van der Waals surface area contributed by atoms with E-state index in [1.807, 2.05) is 6.92 Å². The fraction of sp³-hybridized carbons (Fsp3) is 0.481. The van der Waals surface area contributed by atoms with Crippen molar-refractivity contribution in [2.24, 2.45) is 23.5 Å². The van der Waals surface area contributed by atoms with Gasteiger partial charge in [0.1, 0.15) is 28.6 Å². The molecule has 3 aliphatic carbocycles. The number of phenols is 1. The van der Waals surface area contributed by atoms with Crippen LogP contribution in [0.2, 0.25) is 0 Å².